The highest BCUT2D eigenvalue weighted by Gasteiger charge is 2.16. The molecule has 0 bridgehead atoms. The third-order valence-electron chi connectivity index (χ3n) is 5.59. The number of nitrogens with one attached hydrogen (secondary N) is 1. The second kappa shape index (κ2) is 8.48. The second-order valence-electron chi connectivity index (χ2n) is 7.59. The molecule has 4 rings (SSSR count). The Labute approximate surface area is 157 Å². The van der Waals surface area contributed by atoms with Crippen molar-refractivity contribution in [1.29, 1.82) is 0 Å². The molecule has 1 saturated heterocycles. The van der Waals surface area contributed by atoms with Crippen LogP contribution in [0.3, 0.4) is 0 Å². The SMILES string of the molecule is c1ccc(N2CCCCC2)c(Nc2ccc(OC3CCCCC3)cc2)c1. The van der Waals surface area contributed by atoms with E-state index in [1.807, 2.05) is 0 Å². The zero-order valence-corrected chi connectivity index (χ0v) is 15.6. The molecule has 2 aromatic rings. The van der Waals surface area contributed by atoms with Crippen LogP contribution in [0.4, 0.5) is 17.1 Å². The molecular formula is C23H30N2O. The first-order valence-electron chi connectivity index (χ1n) is 10.3. The van der Waals surface area contributed by atoms with E-state index in [1.165, 1.54) is 62.7 Å². The van der Waals surface area contributed by atoms with E-state index >= 15 is 0 Å². The van der Waals surface area contributed by atoms with Gasteiger partial charge in [0, 0.05) is 18.8 Å². The van der Waals surface area contributed by atoms with Gasteiger partial charge in [-0.2, -0.15) is 0 Å². The van der Waals surface area contributed by atoms with Crippen LogP contribution in [0.15, 0.2) is 48.5 Å². The zero-order valence-electron chi connectivity index (χ0n) is 15.6. The van der Waals surface area contributed by atoms with Gasteiger partial charge >= 0.3 is 0 Å². The smallest absolute Gasteiger partial charge is 0.119 e. The fourth-order valence-corrected chi connectivity index (χ4v) is 4.14. The van der Waals surface area contributed by atoms with Gasteiger partial charge in [0.05, 0.1) is 17.5 Å². The molecule has 2 aromatic carbocycles. The number of nitrogens with zero attached hydrogens (tertiary/aromatic N) is 1. The first-order valence-corrected chi connectivity index (χ1v) is 10.3. The zero-order chi connectivity index (χ0) is 17.6. The third-order valence-corrected chi connectivity index (χ3v) is 5.59. The minimum Gasteiger partial charge on any atom is -0.490 e. The van der Waals surface area contributed by atoms with E-state index in [2.05, 4.69) is 58.7 Å². The third kappa shape index (κ3) is 4.32. The molecule has 1 heterocycles. The molecule has 1 aliphatic heterocycles. The van der Waals surface area contributed by atoms with Gasteiger partial charge < -0.3 is 15.0 Å². The molecule has 138 valence electrons. The van der Waals surface area contributed by atoms with E-state index in [9.17, 15) is 0 Å². The molecular weight excluding hydrogens is 320 g/mol. The maximum Gasteiger partial charge on any atom is 0.119 e. The lowest BCUT2D eigenvalue weighted by Gasteiger charge is -2.30. The molecule has 0 aromatic heterocycles. The standard InChI is InChI=1S/C23H30N2O/c1-3-9-20(10-4-1)26-21-15-13-19(14-16-21)24-22-11-5-6-12-23(22)25-17-7-2-8-18-25/h5-6,11-16,20,24H,1-4,7-10,17-18H2. The molecule has 26 heavy (non-hydrogen) atoms. The minimum absolute atomic E-state index is 0.405. The molecule has 2 fully saturated rings. The van der Waals surface area contributed by atoms with E-state index < -0.39 is 0 Å². The monoisotopic (exact) mass is 350 g/mol. The number of hydrogen-bond donors (Lipinski definition) is 1. The van der Waals surface area contributed by atoms with Gasteiger partial charge in [-0.1, -0.05) is 18.6 Å². The topological polar surface area (TPSA) is 24.5 Å². The van der Waals surface area contributed by atoms with Crippen molar-refractivity contribution in [2.75, 3.05) is 23.3 Å². The van der Waals surface area contributed by atoms with Crippen LogP contribution in [0.5, 0.6) is 5.75 Å². The van der Waals surface area contributed by atoms with E-state index in [4.69, 9.17) is 4.74 Å². The van der Waals surface area contributed by atoms with Crippen LogP contribution >= 0.6 is 0 Å². The summed E-state index contributed by atoms with van der Waals surface area (Å²) >= 11 is 0. The number of benzene rings is 2. The van der Waals surface area contributed by atoms with Gasteiger partial charge in [-0.25, -0.2) is 0 Å². The Bertz CT molecular complexity index is 686. The highest BCUT2D eigenvalue weighted by atomic mass is 16.5. The summed E-state index contributed by atoms with van der Waals surface area (Å²) in [6, 6.07) is 17.1. The van der Waals surface area contributed by atoms with Crippen LogP contribution < -0.4 is 15.0 Å². The Morgan fingerprint density at radius 3 is 2.23 bits per heavy atom. The lowest BCUT2D eigenvalue weighted by molar-refractivity contribution is 0.155. The van der Waals surface area contributed by atoms with Crippen molar-refractivity contribution < 1.29 is 4.74 Å². The van der Waals surface area contributed by atoms with Gasteiger partial charge in [0.15, 0.2) is 0 Å². The van der Waals surface area contributed by atoms with Crippen molar-refractivity contribution in [3.8, 4) is 5.75 Å². The normalized spacial score (nSPS) is 18.5. The lowest BCUT2D eigenvalue weighted by Crippen LogP contribution is -2.29. The van der Waals surface area contributed by atoms with E-state index in [0.29, 0.717) is 6.10 Å². The molecule has 1 aliphatic carbocycles. The van der Waals surface area contributed by atoms with Gasteiger partial charge in [0.2, 0.25) is 0 Å². The molecule has 1 N–H and O–H groups in total. The summed E-state index contributed by atoms with van der Waals surface area (Å²) in [6.07, 6.45) is 10.7. The summed E-state index contributed by atoms with van der Waals surface area (Å²) in [7, 11) is 0. The summed E-state index contributed by atoms with van der Waals surface area (Å²) in [5.41, 5.74) is 3.62. The highest BCUT2D eigenvalue weighted by molar-refractivity contribution is 5.75. The van der Waals surface area contributed by atoms with Crippen molar-refractivity contribution in [3.63, 3.8) is 0 Å². The first-order chi connectivity index (χ1) is 12.9. The Balaban J connectivity index is 1.42. The first kappa shape index (κ1) is 17.3. The van der Waals surface area contributed by atoms with E-state index in [1.54, 1.807) is 0 Å². The quantitative estimate of drug-likeness (QED) is 0.702. The number of piperidine rings is 1. The van der Waals surface area contributed by atoms with Crippen molar-refractivity contribution in [3.05, 3.63) is 48.5 Å². The molecule has 0 amide bonds. The molecule has 1 saturated carbocycles. The molecule has 0 radical (unpaired) electrons. The minimum atomic E-state index is 0.405. The Morgan fingerprint density at radius 1 is 0.769 bits per heavy atom. The summed E-state index contributed by atoms with van der Waals surface area (Å²) in [5.74, 6) is 0.992. The number of hydrogen-bond acceptors (Lipinski definition) is 3. The number of para-hydroxylation sites is 2. The second-order valence-corrected chi connectivity index (χ2v) is 7.59. The summed E-state index contributed by atoms with van der Waals surface area (Å²) in [6.45, 7) is 2.32. The van der Waals surface area contributed by atoms with E-state index in [-0.39, 0.29) is 0 Å². The van der Waals surface area contributed by atoms with Crippen LogP contribution in [0.2, 0.25) is 0 Å². The van der Waals surface area contributed by atoms with Gasteiger partial charge in [-0.05, 0) is 81.3 Å². The molecule has 3 nitrogen and oxygen atoms in total. The highest BCUT2D eigenvalue weighted by Crippen LogP contribution is 2.31. The fourth-order valence-electron chi connectivity index (χ4n) is 4.14. The van der Waals surface area contributed by atoms with Crippen LogP contribution in [-0.4, -0.2) is 19.2 Å². The van der Waals surface area contributed by atoms with Crippen LogP contribution in [0.1, 0.15) is 51.4 Å². The predicted octanol–water partition coefficient (Wildman–Crippen LogP) is 6.13. The Hall–Kier alpha value is -2.16. The van der Waals surface area contributed by atoms with E-state index in [0.717, 1.165) is 24.5 Å². The molecule has 0 unspecified atom stereocenters. The molecule has 0 atom stereocenters. The summed E-state index contributed by atoms with van der Waals surface area (Å²) in [4.78, 5) is 2.51. The van der Waals surface area contributed by atoms with Crippen LogP contribution in [0.25, 0.3) is 0 Å². The number of anilines is 3. The van der Waals surface area contributed by atoms with Crippen molar-refractivity contribution in [1.82, 2.24) is 0 Å². The number of rotatable bonds is 5. The van der Waals surface area contributed by atoms with Crippen LogP contribution in [0, 0.1) is 0 Å². The Kier molecular flexibility index (Phi) is 5.63. The summed E-state index contributed by atoms with van der Waals surface area (Å²) in [5, 5.41) is 3.60. The fraction of sp³-hybridized carbons (Fsp3) is 0.478. The van der Waals surface area contributed by atoms with Gasteiger partial charge in [-0.3, -0.25) is 0 Å². The van der Waals surface area contributed by atoms with Gasteiger partial charge in [-0.15, -0.1) is 0 Å². The maximum absolute atomic E-state index is 6.14. The average molecular weight is 351 g/mol. The van der Waals surface area contributed by atoms with Gasteiger partial charge in [0.1, 0.15) is 5.75 Å². The average Bonchev–Trinajstić information content (AvgIpc) is 2.71. The van der Waals surface area contributed by atoms with Gasteiger partial charge in [0.25, 0.3) is 0 Å². The Morgan fingerprint density at radius 2 is 1.46 bits per heavy atom. The molecule has 0 spiro atoms. The van der Waals surface area contributed by atoms with Crippen molar-refractivity contribution >= 4 is 17.1 Å². The predicted molar refractivity (Wildman–Crippen MR) is 110 cm³/mol. The van der Waals surface area contributed by atoms with Crippen LogP contribution in [-0.2, 0) is 0 Å². The molecule has 3 heteroatoms. The molecule has 2 aliphatic rings. The van der Waals surface area contributed by atoms with Crippen molar-refractivity contribution in [2.45, 2.75) is 57.5 Å². The lowest BCUT2D eigenvalue weighted by atomic mass is 9.98. The maximum atomic E-state index is 6.14. The summed E-state index contributed by atoms with van der Waals surface area (Å²) < 4.78 is 6.14. The number of ether oxygens (including phenoxy) is 1. The van der Waals surface area contributed by atoms with Crippen molar-refractivity contribution in [2.24, 2.45) is 0 Å². The largest absolute Gasteiger partial charge is 0.490 e.